The van der Waals surface area contributed by atoms with E-state index in [1.54, 1.807) is 52.1 Å². The molecule has 0 aliphatic carbocycles. The molecule has 27 heavy (non-hydrogen) atoms. The molecule has 0 unspecified atom stereocenters. The third-order valence-corrected chi connectivity index (χ3v) is 5.07. The third kappa shape index (κ3) is 6.58. The van der Waals surface area contributed by atoms with Gasteiger partial charge in [-0.3, -0.25) is 4.79 Å². The highest BCUT2D eigenvalue weighted by Gasteiger charge is 2.21. The van der Waals surface area contributed by atoms with Gasteiger partial charge in [-0.05, 0) is 57.2 Å². The predicted molar refractivity (Wildman–Crippen MR) is 104 cm³/mol. The van der Waals surface area contributed by atoms with Crippen LogP contribution < -0.4 is 19.5 Å². The molecule has 2 N–H and O–H groups in total. The fourth-order valence-corrected chi connectivity index (χ4v) is 3.64. The average Bonchev–Trinajstić information content (AvgIpc) is 2.58. The van der Waals surface area contributed by atoms with Gasteiger partial charge >= 0.3 is 0 Å². The maximum absolute atomic E-state index is 12.3. The molecular weight excluding hydrogens is 368 g/mol. The zero-order valence-corrected chi connectivity index (χ0v) is 16.6. The summed E-state index contributed by atoms with van der Waals surface area (Å²) in [6.45, 7) is 5.10. The van der Waals surface area contributed by atoms with E-state index in [1.165, 1.54) is 24.3 Å². The number of ether oxygens (including phenoxy) is 2. The van der Waals surface area contributed by atoms with Crippen molar-refractivity contribution in [3.05, 3.63) is 48.5 Å². The average molecular weight is 392 g/mol. The number of hydrogen-bond donors (Lipinski definition) is 2. The minimum Gasteiger partial charge on any atom is -0.497 e. The summed E-state index contributed by atoms with van der Waals surface area (Å²) in [6.07, 6.45) is 0. The highest BCUT2D eigenvalue weighted by atomic mass is 32.2. The minimum atomic E-state index is -3.61. The van der Waals surface area contributed by atoms with Crippen LogP contribution in [0, 0.1) is 0 Å². The smallest absolute Gasteiger partial charge is 0.262 e. The van der Waals surface area contributed by atoms with Crippen molar-refractivity contribution in [3.63, 3.8) is 0 Å². The SMILES string of the molecule is COc1cccc(NC(=O)COc2ccc(S(=O)(=O)NC(C)(C)C)cc2)c1. The van der Waals surface area contributed by atoms with E-state index < -0.39 is 15.6 Å². The zero-order valence-electron chi connectivity index (χ0n) is 15.8. The number of benzene rings is 2. The van der Waals surface area contributed by atoms with Crippen molar-refractivity contribution in [3.8, 4) is 11.5 Å². The van der Waals surface area contributed by atoms with Gasteiger partial charge < -0.3 is 14.8 Å². The molecule has 8 heteroatoms. The second-order valence-corrected chi connectivity index (χ2v) is 8.58. The maximum atomic E-state index is 12.3. The molecule has 0 aromatic heterocycles. The summed E-state index contributed by atoms with van der Waals surface area (Å²) >= 11 is 0. The van der Waals surface area contributed by atoms with Gasteiger partial charge in [0.25, 0.3) is 5.91 Å². The Labute approximate surface area is 159 Å². The van der Waals surface area contributed by atoms with E-state index in [0.717, 1.165) is 0 Å². The molecule has 7 nitrogen and oxygen atoms in total. The number of nitrogens with one attached hydrogen (secondary N) is 2. The van der Waals surface area contributed by atoms with E-state index in [-0.39, 0.29) is 17.4 Å². The first kappa shape index (κ1) is 20.7. The largest absolute Gasteiger partial charge is 0.497 e. The number of amides is 1. The third-order valence-electron chi connectivity index (χ3n) is 3.30. The zero-order chi connectivity index (χ0) is 20.1. The molecule has 0 radical (unpaired) electrons. The second-order valence-electron chi connectivity index (χ2n) is 6.90. The first-order chi connectivity index (χ1) is 12.6. The van der Waals surface area contributed by atoms with E-state index >= 15 is 0 Å². The summed E-state index contributed by atoms with van der Waals surface area (Å²) in [4.78, 5) is 12.1. The van der Waals surface area contributed by atoms with Gasteiger partial charge in [0.05, 0.1) is 12.0 Å². The highest BCUT2D eigenvalue weighted by molar-refractivity contribution is 7.89. The Hall–Kier alpha value is -2.58. The number of carbonyl (C=O) groups excluding carboxylic acids is 1. The number of hydrogen-bond acceptors (Lipinski definition) is 5. The number of carbonyl (C=O) groups is 1. The molecule has 0 saturated heterocycles. The van der Waals surface area contributed by atoms with E-state index in [0.29, 0.717) is 17.2 Å². The summed E-state index contributed by atoms with van der Waals surface area (Å²) in [7, 11) is -2.06. The Balaban J connectivity index is 1.93. The van der Waals surface area contributed by atoms with Crippen molar-refractivity contribution in [1.29, 1.82) is 0 Å². The molecule has 0 fully saturated rings. The molecule has 0 spiro atoms. The Bertz CT molecular complexity index is 887. The Morgan fingerprint density at radius 2 is 1.70 bits per heavy atom. The molecule has 0 aliphatic rings. The van der Waals surface area contributed by atoms with Crippen LogP contribution in [-0.2, 0) is 14.8 Å². The molecule has 0 aliphatic heterocycles. The fourth-order valence-electron chi connectivity index (χ4n) is 2.22. The first-order valence-corrected chi connectivity index (χ1v) is 9.78. The van der Waals surface area contributed by atoms with Gasteiger partial charge in [0.15, 0.2) is 6.61 Å². The van der Waals surface area contributed by atoms with E-state index in [4.69, 9.17) is 9.47 Å². The van der Waals surface area contributed by atoms with E-state index in [9.17, 15) is 13.2 Å². The van der Waals surface area contributed by atoms with Gasteiger partial charge in [-0.2, -0.15) is 0 Å². The molecule has 2 rings (SSSR count). The summed E-state index contributed by atoms with van der Waals surface area (Å²) in [5.74, 6) is 0.689. The van der Waals surface area contributed by atoms with Crippen molar-refractivity contribution in [2.45, 2.75) is 31.2 Å². The van der Waals surface area contributed by atoms with Crippen molar-refractivity contribution in [2.75, 3.05) is 19.0 Å². The van der Waals surface area contributed by atoms with Crippen molar-refractivity contribution >= 4 is 21.6 Å². The molecule has 0 saturated carbocycles. The monoisotopic (exact) mass is 392 g/mol. The standard InChI is InChI=1S/C19H24N2O5S/c1-19(2,3)21-27(23,24)17-10-8-15(9-11-17)26-13-18(22)20-14-6-5-7-16(12-14)25-4/h5-12,21H,13H2,1-4H3,(H,20,22). The van der Waals surface area contributed by atoms with E-state index in [2.05, 4.69) is 10.0 Å². The van der Waals surface area contributed by atoms with E-state index in [1.807, 2.05) is 0 Å². The lowest BCUT2D eigenvalue weighted by Crippen LogP contribution is -2.40. The highest BCUT2D eigenvalue weighted by Crippen LogP contribution is 2.19. The summed E-state index contributed by atoms with van der Waals surface area (Å²) in [6, 6.07) is 12.9. The van der Waals surface area contributed by atoms with Crippen LogP contribution in [0.3, 0.4) is 0 Å². The van der Waals surface area contributed by atoms with Crippen LogP contribution in [-0.4, -0.2) is 33.6 Å². The van der Waals surface area contributed by atoms with Gasteiger partial charge in [-0.25, -0.2) is 13.1 Å². The Morgan fingerprint density at radius 3 is 2.30 bits per heavy atom. The number of sulfonamides is 1. The molecule has 146 valence electrons. The minimum absolute atomic E-state index is 0.130. The first-order valence-electron chi connectivity index (χ1n) is 8.30. The van der Waals surface area contributed by atoms with Crippen LogP contribution in [0.1, 0.15) is 20.8 Å². The number of methoxy groups -OCH3 is 1. The van der Waals surface area contributed by atoms with Crippen LogP contribution in [0.4, 0.5) is 5.69 Å². The van der Waals surface area contributed by atoms with Gasteiger partial charge in [0.1, 0.15) is 11.5 Å². The second kappa shape index (κ2) is 8.41. The lowest BCUT2D eigenvalue weighted by Gasteiger charge is -2.20. The van der Waals surface area contributed by atoms with Crippen LogP contribution in [0.2, 0.25) is 0 Å². The molecule has 2 aromatic carbocycles. The Morgan fingerprint density at radius 1 is 1.04 bits per heavy atom. The van der Waals surface area contributed by atoms with Gasteiger partial charge in [0.2, 0.25) is 10.0 Å². The normalized spacial score (nSPS) is 11.7. The molecule has 0 bridgehead atoms. The summed E-state index contributed by atoms with van der Waals surface area (Å²) < 4.78 is 37.6. The molecule has 0 heterocycles. The van der Waals surface area contributed by atoms with Crippen LogP contribution in [0.25, 0.3) is 0 Å². The maximum Gasteiger partial charge on any atom is 0.262 e. The van der Waals surface area contributed by atoms with Crippen molar-refractivity contribution in [1.82, 2.24) is 4.72 Å². The molecule has 1 amide bonds. The lowest BCUT2D eigenvalue weighted by atomic mass is 10.1. The van der Waals surface area contributed by atoms with Crippen molar-refractivity contribution < 1.29 is 22.7 Å². The Kier molecular flexibility index (Phi) is 6.45. The number of anilines is 1. The summed E-state index contributed by atoms with van der Waals surface area (Å²) in [5, 5.41) is 2.70. The quantitative estimate of drug-likeness (QED) is 0.756. The molecule has 2 aromatic rings. The van der Waals surface area contributed by atoms with Crippen LogP contribution >= 0.6 is 0 Å². The predicted octanol–water partition coefficient (Wildman–Crippen LogP) is 2.79. The van der Waals surface area contributed by atoms with Crippen molar-refractivity contribution in [2.24, 2.45) is 0 Å². The fraction of sp³-hybridized carbons (Fsp3) is 0.316. The van der Waals surface area contributed by atoms with Gasteiger partial charge in [0, 0.05) is 17.3 Å². The van der Waals surface area contributed by atoms with Crippen LogP contribution in [0.15, 0.2) is 53.4 Å². The van der Waals surface area contributed by atoms with Gasteiger partial charge in [-0.15, -0.1) is 0 Å². The lowest BCUT2D eigenvalue weighted by molar-refractivity contribution is -0.118. The van der Waals surface area contributed by atoms with Gasteiger partial charge in [-0.1, -0.05) is 6.07 Å². The number of rotatable bonds is 7. The molecule has 0 atom stereocenters. The topological polar surface area (TPSA) is 93.7 Å². The van der Waals surface area contributed by atoms with Crippen LogP contribution in [0.5, 0.6) is 11.5 Å². The molecular formula is C19H24N2O5S. The summed E-state index contributed by atoms with van der Waals surface area (Å²) in [5.41, 5.74) is 0.0179.